The number of carboxylic acid groups (broad SMARTS) is 1. The number of aliphatic carboxylic acids is 1. The van der Waals surface area contributed by atoms with Crippen LogP contribution < -0.4 is 0 Å². The maximum absolute atomic E-state index is 14.8. The summed E-state index contributed by atoms with van der Waals surface area (Å²) in [7, 11) is 0. The number of hydrogen-bond donors (Lipinski definition) is 1. The van der Waals surface area contributed by atoms with Crippen LogP contribution in [0.3, 0.4) is 0 Å². The van der Waals surface area contributed by atoms with Gasteiger partial charge in [-0.05, 0) is 30.4 Å². The second-order valence-corrected chi connectivity index (χ2v) is 8.49. The number of benzene rings is 1. The van der Waals surface area contributed by atoms with Crippen LogP contribution >= 0.6 is 11.8 Å². The van der Waals surface area contributed by atoms with Crippen LogP contribution in [0.15, 0.2) is 40.5 Å². The smallest absolute Gasteiger partial charge is 0.419 e. The molecule has 10 heteroatoms. The van der Waals surface area contributed by atoms with Crippen LogP contribution in [-0.2, 0) is 22.3 Å². The summed E-state index contributed by atoms with van der Waals surface area (Å²) in [6.07, 6.45) is -3.46. The zero-order chi connectivity index (χ0) is 22.8. The molecule has 1 fully saturated rings. The second kappa shape index (κ2) is 9.62. The second-order valence-electron chi connectivity index (χ2n) is 7.23. The summed E-state index contributed by atoms with van der Waals surface area (Å²) in [5.41, 5.74) is -0.812. The molecule has 170 valence electrons. The molecule has 1 N–H and O–H groups in total. The molecule has 0 bridgehead atoms. The molecule has 1 atom stereocenters. The molecule has 2 aliphatic heterocycles. The molecule has 5 nitrogen and oxygen atoms in total. The van der Waals surface area contributed by atoms with Gasteiger partial charge in [0, 0.05) is 25.2 Å². The summed E-state index contributed by atoms with van der Waals surface area (Å²) >= 11 is 1.28. The van der Waals surface area contributed by atoms with Crippen molar-refractivity contribution in [3.8, 4) is 0 Å². The summed E-state index contributed by atoms with van der Waals surface area (Å²) in [4.78, 5) is 15.7. The van der Waals surface area contributed by atoms with Crippen molar-refractivity contribution in [3.63, 3.8) is 0 Å². The van der Waals surface area contributed by atoms with Gasteiger partial charge in [-0.15, -0.1) is 11.8 Å². The third-order valence-corrected chi connectivity index (χ3v) is 6.23. The monoisotopic (exact) mass is 460 g/mol. The van der Waals surface area contributed by atoms with Crippen molar-refractivity contribution >= 4 is 17.7 Å². The fourth-order valence-electron chi connectivity index (χ4n) is 3.80. The first kappa shape index (κ1) is 23.6. The van der Waals surface area contributed by atoms with Crippen molar-refractivity contribution < 1.29 is 32.2 Å². The van der Waals surface area contributed by atoms with Gasteiger partial charge in [0.15, 0.2) is 0 Å². The predicted octanol–water partition coefficient (Wildman–Crippen LogP) is 4.31. The van der Waals surface area contributed by atoms with Crippen LogP contribution in [0.4, 0.5) is 17.6 Å². The van der Waals surface area contributed by atoms with E-state index in [1.807, 2.05) is 6.92 Å². The molecule has 0 aliphatic carbocycles. The first-order valence-corrected chi connectivity index (χ1v) is 10.9. The molecular formula is C21H24F4N2O3S. The maximum Gasteiger partial charge on any atom is 0.419 e. The van der Waals surface area contributed by atoms with Gasteiger partial charge in [0.1, 0.15) is 12.0 Å². The molecule has 2 heterocycles. The van der Waals surface area contributed by atoms with Gasteiger partial charge in [0.25, 0.3) is 0 Å². The van der Waals surface area contributed by atoms with Crippen molar-refractivity contribution in [2.45, 2.75) is 32.7 Å². The molecule has 1 unspecified atom stereocenters. The van der Waals surface area contributed by atoms with Gasteiger partial charge in [-0.3, -0.25) is 4.90 Å². The van der Waals surface area contributed by atoms with Gasteiger partial charge in [0.05, 0.1) is 29.4 Å². The molecular weight excluding hydrogens is 436 g/mol. The van der Waals surface area contributed by atoms with Crippen molar-refractivity contribution in [2.24, 2.45) is 0 Å². The molecule has 0 amide bonds. The van der Waals surface area contributed by atoms with Gasteiger partial charge in [-0.2, -0.15) is 13.2 Å². The molecule has 3 rings (SSSR count). The van der Waals surface area contributed by atoms with E-state index in [-0.39, 0.29) is 17.7 Å². The Labute approximate surface area is 182 Å². The fraction of sp³-hybridized carbons (Fsp3) is 0.476. The minimum absolute atomic E-state index is 0.0868. The minimum Gasteiger partial charge on any atom is -0.478 e. The quantitative estimate of drug-likeness (QED) is 0.639. The predicted molar refractivity (Wildman–Crippen MR) is 110 cm³/mol. The van der Waals surface area contributed by atoms with E-state index in [9.17, 15) is 27.5 Å². The summed E-state index contributed by atoms with van der Waals surface area (Å²) in [5, 5.41) is 10.2. The third kappa shape index (κ3) is 5.07. The van der Waals surface area contributed by atoms with Gasteiger partial charge >= 0.3 is 12.1 Å². The highest BCUT2D eigenvalue weighted by Crippen LogP contribution is 2.38. The van der Waals surface area contributed by atoms with E-state index in [0.717, 1.165) is 0 Å². The largest absolute Gasteiger partial charge is 0.478 e. The van der Waals surface area contributed by atoms with Crippen LogP contribution in [0.5, 0.6) is 0 Å². The minimum atomic E-state index is -4.81. The van der Waals surface area contributed by atoms with E-state index in [1.54, 1.807) is 17.9 Å². The van der Waals surface area contributed by atoms with Crippen LogP contribution in [0.25, 0.3) is 0 Å². The van der Waals surface area contributed by atoms with Crippen LogP contribution in [-0.4, -0.2) is 59.1 Å². The molecule has 1 aromatic rings. The Kier molecular flexibility index (Phi) is 7.33. The summed E-state index contributed by atoms with van der Waals surface area (Å²) in [6, 6.07) is 3.18. The topological polar surface area (TPSA) is 53.0 Å². The van der Waals surface area contributed by atoms with E-state index in [4.69, 9.17) is 4.74 Å². The number of morpholine rings is 1. The lowest BCUT2D eigenvalue weighted by molar-refractivity contribution is -0.140. The highest BCUT2D eigenvalue weighted by Gasteiger charge is 2.38. The molecule has 31 heavy (non-hydrogen) atoms. The van der Waals surface area contributed by atoms with Gasteiger partial charge in [-0.1, -0.05) is 19.1 Å². The molecule has 0 spiro atoms. The standard InChI is InChI=1S/C21H24F4N2O3S/c1-3-31-19-17(20(28)29)13(2)11-16(26-7-9-30-10-8-26)27(19)12-14-5-4-6-15(18(14)22)21(23,24)25/h4-6,11,16H,3,7-10,12H2,1-2H3,(H,28,29). The van der Waals surface area contributed by atoms with Gasteiger partial charge in [-0.25, -0.2) is 9.18 Å². The van der Waals surface area contributed by atoms with Gasteiger partial charge < -0.3 is 14.7 Å². The average molecular weight is 460 g/mol. The van der Waals surface area contributed by atoms with E-state index in [0.29, 0.717) is 48.7 Å². The van der Waals surface area contributed by atoms with Crippen LogP contribution in [0.2, 0.25) is 0 Å². The fourth-order valence-corrected chi connectivity index (χ4v) is 4.80. The number of hydrogen-bond acceptors (Lipinski definition) is 5. The highest BCUT2D eigenvalue weighted by atomic mass is 32.2. The highest BCUT2D eigenvalue weighted by molar-refractivity contribution is 8.03. The lowest BCUT2D eigenvalue weighted by atomic mass is 10.0. The van der Waals surface area contributed by atoms with Crippen LogP contribution in [0.1, 0.15) is 25.0 Å². The Bertz CT molecular complexity index is 895. The van der Waals surface area contributed by atoms with Crippen molar-refractivity contribution in [1.29, 1.82) is 0 Å². The lowest BCUT2D eigenvalue weighted by Crippen LogP contribution is -2.52. The SMILES string of the molecule is CCSC1=C(C(=O)O)C(C)=CC(N2CCOCC2)N1Cc1cccc(C(F)(F)F)c1F. The number of thioether (sulfide) groups is 1. The first-order valence-electron chi connectivity index (χ1n) is 9.87. The maximum atomic E-state index is 14.8. The van der Waals surface area contributed by atoms with E-state index in [2.05, 4.69) is 4.90 Å². The van der Waals surface area contributed by atoms with Crippen molar-refractivity contribution in [3.05, 3.63) is 57.4 Å². The zero-order valence-corrected chi connectivity index (χ0v) is 18.0. The number of halogens is 4. The Morgan fingerprint density at radius 1 is 1.29 bits per heavy atom. The Morgan fingerprint density at radius 2 is 1.97 bits per heavy atom. The molecule has 1 aromatic carbocycles. The number of alkyl halides is 3. The molecule has 0 radical (unpaired) electrons. The lowest BCUT2D eigenvalue weighted by Gasteiger charge is -2.44. The Balaban J connectivity index is 2.08. The molecule has 0 saturated carbocycles. The zero-order valence-electron chi connectivity index (χ0n) is 17.2. The number of rotatable bonds is 6. The van der Waals surface area contributed by atoms with E-state index < -0.39 is 29.7 Å². The number of ether oxygens (including phenoxy) is 1. The number of carbonyl (C=O) groups is 1. The Morgan fingerprint density at radius 3 is 2.55 bits per heavy atom. The summed E-state index contributed by atoms with van der Waals surface area (Å²) in [6.45, 7) is 5.49. The number of carboxylic acids is 1. The first-order chi connectivity index (χ1) is 14.6. The van der Waals surface area contributed by atoms with E-state index in [1.165, 1.54) is 23.9 Å². The summed E-state index contributed by atoms with van der Waals surface area (Å²) < 4.78 is 59.8. The van der Waals surface area contributed by atoms with Gasteiger partial charge in [0.2, 0.25) is 0 Å². The molecule has 2 aliphatic rings. The Hall–Kier alpha value is -2.04. The van der Waals surface area contributed by atoms with E-state index >= 15 is 0 Å². The normalized spacial score (nSPS) is 20.8. The summed E-state index contributed by atoms with van der Waals surface area (Å²) in [5.74, 6) is -1.91. The third-order valence-electron chi connectivity index (χ3n) is 5.23. The molecule has 1 saturated heterocycles. The average Bonchev–Trinajstić information content (AvgIpc) is 2.70. The number of nitrogens with zero attached hydrogens (tertiary/aromatic N) is 2. The van der Waals surface area contributed by atoms with Crippen LogP contribution in [0, 0.1) is 5.82 Å². The van der Waals surface area contributed by atoms with Crippen molar-refractivity contribution in [1.82, 2.24) is 9.80 Å². The van der Waals surface area contributed by atoms with Crippen molar-refractivity contribution in [2.75, 3.05) is 32.1 Å². The molecule has 0 aromatic heterocycles.